The number of hydrogen-bond donors (Lipinski definition) is 1. The van der Waals surface area contributed by atoms with Crippen molar-refractivity contribution in [2.45, 2.75) is 56.4 Å². The summed E-state index contributed by atoms with van der Waals surface area (Å²) in [5.41, 5.74) is -0.375. The molecular weight excluding hydrogens is 470 g/mol. The lowest BCUT2D eigenvalue weighted by Gasteiger charge is -2.39. The van der Waals surface area contributed by atoms with Crippen molar-refractivity contribution < 1.29 is 24.2 Å². The fraction of sp³-hybridized carbons (Fsp3) is 0.552. The van der Waals surface area contributed by atoms with Gasteiger partial charge in [-0.05, 0) is 24.8 Å². The van der Waals surface area contributed by atoms with Crippen LogP contribution in [-0.2, 0) is 19.1 Å². The van der Waals surface area contributed by atoms with Crippen LogP contribution in [0.1, 0.15) is 44.2 Å². The molecule has 1 aromatic rings. The van der Waals surface area contributed by atoms with Crippen LogP contribution in [0.15, 0.2) is 55.6 Å². The molecule has 4 rings (SSSR count). The van der Waals surface area contributed by atoms with Gasteiger partial charge in [-0.2, -0.15) is 0 Å². The molecule has 3 aliphatic rings. The van der Waals surface area contributed by atoms with Crippen molar-refractivity contribution in [3.05, 3.63) is 61.2 Å². The molecule has 2 bridgehead atoms. The summed E-state index contributed by atoms with van der Waals surface area (Å²) in [5, 5.41) is 10.5. The average molecular weight is 510 g/mol. The Morgan fingerprint density at radius 1 is 1.22 bits per heavy atom. The number of hydrogen-bond acceptors (Lipinski definition) is 5. The maximum Gasteiger partial charge on any atom is 0.248 e. The number of likely N-dealkylation sites (N-methyl/N-ethyl adjacent to an activating group) is 1. The minimum absolute atomic E-state index is 0.174. The van der Waals surface area contributed by atoms with Gasteiger partial charge in [0, 0.05) is 26.7 Å². The Kier molecular flexibility index (Phi) is 8.19. The molecule has 1 spiro atoms. The Labute approximate surface area is 219 Å². The number of nitrogens with zero attached hydrogens (tertiary/aromatic N) is 3. The van der Waals surface area contributed by atoms with Crippen LogP contribution in [0.25, 0.3) is 0 Å². The van der Waals surface area contributed by atoms with Crippen LogP contribution in [0.5, 0.6) is 0 Å². The third-order valence-corrected chi connectivity index (χ3v) is 8.17. The lowest BCUT2D eigenvalue weighted by molar-refractivity contribution is -0.151. The van der Waals surface area contributed by atoms with Crippen molar-refractivity contribution >= 4 is 17.7 Å². The van der Waals surface area contributed by atoms with E-state index < -0.39 is 35.6 Å². The minimum atomic E-state index is -1.11. The van der Waals surface area contributed by atoms with E-state index in [1.54, 1.807) is 29.0 Å². The highest BCUT2D eigenvalue weighted by molar-refractivity contribution is 5.99. The van der Waals surface area contributed by atoms with Gasteiger partial charge in [-0.25, -0.2) is 0 Å². The fourth-order valence-electron chi connectivity index (χ4n) is 6.52. The van der Waals surface area contributed by atoms with Crippen LogP contribution in [0, 0.1) is 11.8 Å². The number of fused-ring (bicyclic) bond motifs is 1. The van der Waals surface area contributed by atoms with Crippen LogP contribution >= 0.6 is 0 Å². The first-order chi connectivity index (χ1) is 17.9. The first-order valence-electron chi connectivity index (χ1n) is 13.3. The van der Waals surface area contributed by atoms with Crippen molar-refractivity contribution in [3.63, 3.8) is 0 Å². The van der Waals surface area contributed by atoms with Crippen LogP contribution in [0.3, 0.4) is 0 Å². The van der Waals surface area contributed by atoms with Crippen molar-refractivity contribution in [1.82, 2.24) is 14.7 Å². The number of carbonyl (C=O) groups excluding carboxylic acids is 3. The van der Waals surface area contributed by atoms with Gasteiger partial charge in [0.1, 0.15) is 11.6 Å². The molecule has 0 saturated carbocycles. The van der Waals surface area contributed by atoms with E-state index in [1.165, 1.54) is 4.90 Å². The molecule has 0 radical (unpaired) electrons. The summed E-state index contributed by atoms with van der Waals surface area (Å²) in [6, 6.07) is 7.58. The number of carbonyl (C=O) groups is 3. The number of benzene rings is 1. The highest BCUT2D eigenvalue weighted by Crippen LogP contribution is 2.60. The molecule has 3 aliphatic heterocycles. The third kappa shape index (κ3) is 4.50. The van der Waals surface area contributed by atoms with Gasteiger partial charge in [0.25, 0.3) is 0 Å². The molecule has 0 aliphatic carbocycles. The van der Waals surface area contributed by atoms with E-state index in [4.69, 9.17) is 4.74 Å². The third-order valence-electron chi connectivity index (χ3n) is 8.17. The Hall–Kier alpha value is -2.97. The van der Waals surface area contributed by atoms with Gasteiger partial charge < -0.3 is 24.5 Å². The van der Waals surface area contributed by atoms with E-state index in [9.17, 15) is 19.5 Å². The SMILES string of the molecule is C=CCN(C)C(=O)[C@@H]1[C@H]2C(=O)N([C@H](CO)c3ccccc3)C(C(=O)N(CC=C)CCCC)C23CC[C@H]1O3. The van der Waals surface area contributed by atoms with Gasteiger partial charge in [0.05, 0.1) is 30.6 Å². The van der Waals surface area contributed by atoms with E-state index in [-0.39, 0.29) is 24.3 Å². The number of likely N-dealkylation sites (tertiary alicyclic amines) is 1. The molecule has 1 aromatic carbocycles. The molecule has 37 heavy (non-hydrogen) atoms. The minimum Gasteiger partial charge on any atom is -0.394 e. The first kappa shape index (κ1) is 27.1. The molecule has 2 unspecified atom stereocenters. The summed E-state index contributed by atoms with van der Waals surface area (Å²) < 4.78 is 6.55. The molecule has 3 heterocycles. The Morgan fingerprint density at radius 2 is 1.92 bits per heavy atom. The summed E-state index contributed by atoms with van der Waals surface area (Å²) in [4.78, 5) is 47.0. The zero-order valence-corrected chi connectivity index (χ0v) is 21.9. The van der Waals surface area contributed by atoms with Crippen molar-refractivity contribution in [2.24, 2.45) is 11.8 Å². The summed E-state index contributed by atoms with van der Waals surface area (Å²) in [7, 11) is 1.69. The summed E-state index contributed by atoms with van der Waals surface area (Å²) >= 11 is 0. The second-order valence-electron chi connectivity index (χ2n) is 10.3. The highest BCUT2D eigenvalue weighted by Gasteiger charge is 2.75. The molecule has 8 nitrogen and oxygen atoms in total. The second-order valence-corrected chi connectivity index (χ2v) is 10.3. The molecule has 1 N–H and O–H groups in total. The van der Waals surface area contributed by atoms with Gasteiger partial charge in [0.15, 0.2) is 0 Å². The molecule has 3 saturated heterocycles. The smallest absolute Gasteiger partial charge is 0.248 e. The standard InChI is InChI=1S/C29H39N3O5/c1-5-8-18-31(17-7-3)28(36)25-29-15-14-22(37-29)23(26(34)30(4)16-6-2)24(29)27(35)32(25)21(19-33)20-12-10-9-11-13-20/h6-7,9-13,21-25,33H,2-3,5,8,14-19H2,1,4H3/t21-,22-,23+,24+,25?,29?/m1/s1. The van der Waals surface area contributed by atoms with E-state index in [1.807, 2.05) is 30.3 Å². The lowest BCUT2D eigenvalue weighted by atomic mass is 9.70. The predicted molar refractivity (Wildman–Crippen MR) is 140 cm³/mol. The van der Waals surface area contributed by atoms with Gasteiger partial charge in [-0.3, -0.25) is 14.4 Å². The van der Waals surface area contributed by atoms with E-state index >= 15 is 0 Å². The zero-order valence-electron chi connectivity index (χ0n) is 21.9. The maximum atomic E-state index is 14.3. The summed E-state index contributed by atoms with van der Waals surface area (Å²) in [6.07, 6.45) is 5.76. The highest BCUT2D eigenvalue weighted by atomic mass is 16.5. The molecular formula is C29H39N3O5. The fourth-order valence-corrected chi connectivity index (χ4v) is 6.52. The van der Waals surface area contributed by atoms with Crippen molar-refractivity contribution in [3.8, 4) is 0 Å². The van der Waals surface area contributed by atoms with Gasteiger partial charge in [0.2, 0.25) is 17.7 Å². The van der Waals surface area contributed by atoms with Crippen molar-refractivity contribution in [2.75, 3.05) is 33.3 Å². The molecule has 0 aromatic heterocycles. The van der Waals surface area contributed by atoms with Crippen molar-refractivity contribution in [1.29, 1.82) is 0 Å². The van der Waals surface area contributed by atoms with Crippen LogP contribution < -0.4 is 0 Å². The number of aliphatic hydroxyl groups is 1. The average Bonchev–Trinajstić information content (AvgIpc) is 3.55. The number of aliphatic hydroxyl groups excluding tert-OH is 1. The van der Waals surface area contributed by atoms with E-state index in [0.29, 0.717) is 32.5 Å². The molecule has 3 fully saturated rings. The number of ether oxygens (including phenoxy) is 1. The molecule has 200 valence electrons. The monoisotopic (exact) mass is 509 g/mol. The number of amides is 3. The van der Waals surface area contributed by atoms with Crippen LogP contribution in [-0.4, -0.2) is 88.6 Å². The Morgan fingerprint density at radius 3 is 2.54 bits per heavy atom. The second kappa shape index (κ2) is 11.2. The van der Waals surface area contributed by atoms with E-state index in [2.05, 4.69) is 20.1 Å². The quantitative estimate of drug-likeness (QED) is 0.438. The van der Waals surface area contributed by atoms with Gasteiger partial charge in [-0.15, -0.1) is 13.2 Å². The molecule has 6 atom stereocenters. The Bertz CT molecular complexity index is 1030. The van der Waals surface area contributed by atoms with E-state index in [0.717, 1.165) is 18.4 Å². The normalized spacial score (nSPS) is 28.6. The summed E-state index contributed by atoms with van der Waals surface area (Å²) in [5.74, 6) is -2.15. The molecule has 8 heteroatoms. The molecule has 3 amide bonds. The topological polar surface area (TPSA) is 90.4 Å². The van der Waals surface area contributed by atoms with Crippen LogP contribution in [0.2, 0.25) is 0 Å². The van der Waals surface area contributed by atoms with Gasteiger partial charge >= 0.3 is 0 Å². The maximum absolute atomic E-state index is 14.3. The lowest BCUT2D eigenvalue weighted by Crippen LogP contribution is -2.57. The Balaban J connectivity index is 1.81. The van der Waals surface area contributed by atoms with Gasteiger partial charge in [-0.1, -0.05) is 55.8 Å². The zero-order chi connectivity index (χ0) is 26.7. The summed E-state index contributed by atoms with van der Waals surface area (Å²) in [6.45, 7) is 10.5. The number of unbranched alkanes of at least 4 members (excludes halogenated alkanes) is 1. The number of rotatable bonds is 12. The largest absolute Gasteiger partial charge is 0.394 e. The first-order valence-corrected chi connectivity index (χ1v) is 13.3. The van der Waals surface area contributed by atoms with Crippen LogP contribution in [0.4, 0.5) is 0 Å². The predicted octanol–water partition coefficient (Wildman–Crippen LogP) is 2.55.